The summed E-state index contributed by atoms with van der Waals surface area (Å²) in [6.45, 7) is 2.72. The summed E-state index contributed by atoms with van der Waals surface area (Å²) in [5.74, 6) is 2.13. The van der Waals surface area contributed by atoms with Gasteiger partial charge in [0.15, 0.2) is 5.82 Å². The number of methoxy groups -OCH3 is 1. The van der Waals surface area contributed by atoms with E-state index in [1.165, 1.54) is 0 Å². The third-order valence-corrected chi connectivity index (χ3v) is 4.65. The van der Waals surface area contributed by atoms with Crippen molar-refractivity contribution in [1.29, 1.82) is 0 Å². The number of aryl methyl sites for hydroxylation is 1. The second kappa shape index (κ2) is 5.38. The van der Waals surface area contributed by atoms with Crippen LogP contribution in [-0.2, 0) is 4.79 Å². The Labute approximate surface area is 134 Å². The van der Waals surface area contributed by atoms with Crippen molar-refractivity contribution in [3.63, 3.8) is 0 Å². The third kappa shape index (κ3) is 2.13. The number of fused-ring (bicyclic) bond motifs is 1. The predicted octanol–water partition coefficient (Wildman–Crippen LogP) is 2.50. The summed E-state index contributed by atoms with van der Waals surface area (Å²) in [5, 5.41) is 4.07. The van der Waals surface area contributed by atoms with Crippen molar-refractivity contribution in [1.82, 2.24) is 10.1 Å². The van der Waals surface area contributed by atoms with Crippen LogP contribution in [-0.4, -0.2) is 35.7 Å². The van der Waals surface area contributed by atoms with Gasteiger partial charge in [-0.05, 0) is 25.8 Å². The molecule has 0 unspecified atom stereocenters. The van der Waals surface area contributed by atoms with Crippen molar-refractivity contribution in [3.05, 3.63) is 41.7 Å². The van der Waals surface area contributed by atoms with Crippen molar-refractivity contribution in [2.75, 3.05) is 18.6 Å². The second-order valence-corrected chi connectivity index (χ2v) is 6.02. The first-order valence-electron chi connectivity index (χ1n) is 7.86. The van der Waals surface area contributed by atoms with Gasteiger partial charge in [-0.1, -0.05) is 23.4 Å². The molecule has 4 rings (SSSR count). The zero-order valence-electron chi connectivity index (χ0n) is 13.2. The molecule has 120 valence electrons. The second-order valence-electron chi connectivity index (χ2n) is 6.02. The summed E-state index contributed by atoms with van der Waals surface area (Å²) in [7, 11) is 1.65. The highest BCUT2D eigenvalue weighted by atomic mass is 16.5. The number of ether oxygens (including phenoxy) is 1. The molecule has 0 bridgehead atoms. The van der Waals surface area contributed by atoms with E-state index in [1.54, 1.807) is 12.0 Å². The van der Waals surface area contributed by atoms with Crippen LogP contribution in [0.4, 0.5) is 5.82 Å². The van der Waals surface area contributed by atoms with Gasteiger partial charge >= 0.3 is 0 Å². The number of anilines is 1. The Morgan fingerprint density at radius 1 is 1.35 bits per heavy atom. The summed E-state index contributed by atoms with van der Waals surface area (Å²) in [6.07, 6.45) is 1.72. The van der Waals surface area contributed by atoms with E-state index >= 15 is 0 Å². The van der Waals surface area contributed by atoms with Gasteiger partial charge in [-0.2, -0.15) is 0 Å². The van der Waals surface area contributed by atoms with Crippen molar-refractivity contribution in [2.24, 2.45) is 0 Å². The normalized spacial score (nSPS) is 24.3. The molecule has 23 heavy (non-hydrogen) atoms. The van der Waals surface area contributed by atoms with Crippen molar-refractivity contribution in [3.8, 4) is 5.75 Å². The fourth-order valence-electron chi connectivity index (χ4n) is 3.68. The van der Waals surface area contributed by atoms with Gasteiger partial charge in [0.1, 0.15) is 17.7 Å². The number of benzene rings is 1. The predicted molar refractivity (Wildman–Crippen MR) is 84.2 cm³/mol. The number of rotatable bonds is 3. The molecule has 1 aromatic carbocycles. The topological polar surface area (TPSA) is 58.8 Å². The summed E-state index contributed by atoms with van der Waals surface area (Å²) < 4.78 is 10.7. The summed E-state index contributed by atoms with van der Waals surface area (Å²) in [6, 6.07) is 9.57. The van der Waals surface area contributed by atoms with Gasteiger partial charge in [0, 0.05) is 18.2 Å². The number of amides is 1. The van der Waals surface area contributed by atoms with E-state index in [0.29, 0.717) is 11.6 Å². The Balaban J connectivity index is 1.84. The SMILES string of the molecule is COc1ccccc1[C@H]1N(c2cc(C)on2)C(=O)[C@@H]2CCCN21. The zero-order valence-corrected chi connectivity index (χ0v) is 13.2. The molecule has 6 nitrogen and oxygen atoms in total. The number of carbonyl (C=O) groups is 1. The number of hydrogen-bond donors (Lipinski definition) is 0. The van der Waals surface area contributed by atoms with Crippen molar-refractivity contribution in [2.45, 2.75) is 32.0 Å². The van der Waals surface area contributed by atoms with Gasteiger partial charge in [0.05, 0.1) is 13.2 Å². The van der Waals surface area contributed by atoms with E-state index in [2.05, 4.69) is 10.1 Å². The molecule has 2 aromatic rings. The highest BCUT2D eigenvalue weighted by Crippen LogP contribution is 2.44. The van der Waals surface area contributed by atoms with E-state index in [9.17, 15) is 4.79 Å². The lowest BCUT2D eigenvalue weighted by atomic mass is 10.1. The van der Waals surface area contributed by atoms with Gasteiger partial charge in [0.25, 0.3) is 0 Å². The van der Waals surface area contributed by atoms with Crippen LogP contribution >= 0.6 is 0 Å². The van der Waals surface area contributed by atoms with E-state index in [0.717, 1.165) is 30.7 Å². The molecule has 2 fully saturated rings. The molecule has 1 aromatic heterocycles. The van der Waals surface area contributed by atoms with Crippen LogP contribution in [0.25, 0.3) is 0 Å². The number of nitrogens with zero attached hydrogens (tertiary/aromatic N) is 3. The number of carbonyl (C=O) groups excluding carboxylic acids is 1. The van der Waals surface area contributed by atoms with Crippen LogP contribution in [0.15, 0.2) is 34.9 Å². The maximum Gasteiger partial charge on any atom is 0.247 e. The van der Waals surface area contributed by atoms with Gasteiger partial charge < -0.3 is 9.26 Å². The number of aromatic nitrogens is 1. The Morgan fingerprint density at radius 2 is 2.17 bits per heavy atom. The Kier molecular flexibility index (Phi) is 3.34. The maximum absolute atomic E-state index is 12.9. The van der Waals surface area contributed by atoms with Gasteiger partial charge in [-0.3, -0.25) is 14.6 Å². The Hall–Kier alpha value is -2.34. The Bertz CT molecular complexity index is 742. The van der Waals surface area contributed by atoms with Crippen LogP contribution in [0, 0.1) is 6.92 Å². The molecule has 2 aliphatic heterocycles. The molecule has 0 spiro atoms. The molecular weight excluding hydrogens is 294 g/mol. The summed E-state index contributed by atoms with van der Waals surface area (Å²) in [5.41, 5.74) is 0.980. The average molecular weight is 313 g/mol. The first-order valence-corrected chi connectivity index (χ1v) is 7.86. The maximum atomic E-state index is 12.9. The van der Waals surface area contributed by atoms with E-state index in [-0.39, 0.29) is 18.1 Å². The lowest BCUT2D eigenvalue weighted by Crippen LogP contribution is -2.32. The fourth-order valence-corrected chi connectivity index (χ4v) is 3.68. The zero-order chi connectivity index (χ0) is 16.0. The minimum absolute atomic E-state index is 0.0816. The smallest absolute Gasteiger partial charge is 0.247 e. The van der Waals surface area contributed by atoms with Crippen LogP contribution in [0.5, 0.6) is 5.75 Å². The summed E-state index contributed by atoms with van der Waals surface area (Å²) >= 11 is 0. The quantitative estimate of drug-likeness (QED) is 0.871. The van der Waals surface area contributed by atoms with Gasteiger partial charge in [0.2, 0.25) is 5.91 Å². The fraction of sp³-hybridized carbons (Fsp3) is 0.412. The lowest BCUT2D eigenvalue weighted by Gasteiger charge is -2.29. The highest BCUT2D eigenvalue weighted by molar-refractivity contribution is 5.99. The van der Waals surface area contributed by atoms with Crippen LogP contribution < -0.4 is 9.64 Å². The van der Waals surface area contributed by atoms with E-state index in [1.807, 2.05) is 37.3 Å². The van der Waals surface area contributed by atoms with E-state index in [4.69, 9.17) is 9.26 Å². The average Bonchev–Trinajstić information content (AvgIpc) is 3.25. The van der Waals surface area contributed by atoms with Crippen molar-refractivity contribution < 1.29 is 14.1 Å². The Morgan fingerprint density at radius 3 is 2.91 bits per heavy atom. The molecule has 0 radical (unpaired) electrons. The van der Waals surface area contributed by atoms with Crippen molar-refractivity contribution >= 4 is 11.7 Å². The lowest BCUT2D eigenvalue weighted by molar-refractivity contribution is -0.119. The molecule has 2 aliphatic rings. The first kappa shape index (κ1) is 14.3. The highest BCUT2D eigenvalue weighted by Gasteiger charge is 2.50. The molecule has 1 amide bonds. The standard InChI is InChI=1S/C17H19N3O3/c1-11-10-15(18-23-11)20-16(12-6-3-4-8-14(12)22-2)19-9-5-7-13(19)17(20)21/h3-4,6,8,10,13,16H,5,7,9H2,1-2H3/t13-,16+/m0/s1. The molecule has 0 aliphatic carbocycles. The molecule has 3 heterocycles. The molecule has 2 saturated heterocycles. The van der Waals surface area contributed by atoms with Crippen LogP contribution in [0.2, 0.25) is 0 Å². The van der Waals surface area contributed by atoms with Crippen LogP contribution in [0.3, 0.4) is 0 Å². The summed E-state index contributed by atoms with van der Waals surface area (Å²) in [4.78, 5) is 16.9. The minimum atomic E-state index is -0.198. The third-order valence-electron chi connectivity index (χ3n) is 4.65. The number of hydrogen-bond acceptors (Lipinski definition) is 5. The first-order chi connectivity index (χ1) is 11.2. The molecule has 2 atom stereocenters. The van der Waals surface area contributed by atoms with Crippen LogP contribution in [0.1, 0.15) is 30.3 Å². The molecule has 0 saturated carbocycles. The monoisotopic (exact) mass is 313 g/mol. The molecular formula is C17H19N3O3. The van der Waals surface area contributed by atoms with Gasteiger partial charge in [-0.25, -0.2) is 0 Å². The number of para-hydroxylation sites is 1. The largest absolute Gasteiger partial charge is 0.496 e. The molecule has 6 heteroatoms. The molecule has 0 N–H and O–H groups in total. The van der Waals surface area contributed by atoms with Gasteiger partial charge in [-0.15, -0.1) is 0 Å². The van der Waals surface area contributed by atoms with E-state index < -0.39 is 0 Å². The minimum Gasteiger partial charge on any atom is -0.496 e.